The molecule has 0 atom stereocenters. The Bertz CT molecular complexity index is 770. The summed E-state index contributed by atoms with van der Waals surface area (Å²) in [5.74, 6) is 0.549. The SMILES string of the molecule is CN=C([S-])N/N=C(\N)c1ccccn1.CN=C([S-])N/N=C(\N)c1ccccn1.[Ga+3]. The van der Waals surface area contributed by atoms with Gasteiger partial charge in [-0.05, 0) is 34.6 Å². The van der Waals surface area contributed by atoms with Gasteiger partial charge in [-0.3, -0.25) is 30.8 Å². The van der Waals surface area contributed by atoms with E-state index in [2.05, 4.69) is 41.0 Å². The molecule has 2 rings (SSSR count). The number of hydrogen-bond acceptors (Lipinski definition) is 8. The number of nitrogens with zero attached hydrogens (tertiary/aromatic N) is 6. The average molecular weight is 486 g/mol. The summed E-state index contributed by atoms with van der Waals surface area (Å²) in [5.41, 5.74) is 17.5. The predicted octanol–water partition coefficient (Wildman–Crippen LogP) is -0.732. The summed E-state index contributed by atoms with van der Waals surface area (Å²) in [6.07, 6.45) is 3.28. The van der Waals surface area contributed by atoms with Gasteiger partial charge in [0.1, 0.15) is 11.4 Å². The smallest absolute Gasteiger partial charge is 0.741 e. The van der Waals surface area contributed by atoms with Gasteiger partial charge in [0.25, 0.3) is 0 Å². The predicted molar refractivity (Wildman–Crippen MR) is 123 cm³/mol. The topological polar surface area (TPSA) is 151 Å². The molecule has 148 valence electrons. The van der Waals surface area contributed by atoms with Crippen molar-refractivity contribution in [3.05, 3.63) is 60.2 Å². The van der Waals surface area contributed by atoms with Gasteiger partial charge in [-0.25, -0.2) is 0 Å². The molecule has 0 aromatic carbocycles. The molecule has 0 aliphatic carbocycles. The first-order chi connectivity index (χ1) is 13.5. The quantitative estimate of drug-likeness (QED) is 0.145. The number of amidine groups is 4. The van der Waals surface area contributed by atoms with Crippen LogP contribution in [0.15, 0.2) is 69.0 Å². The van der Waals surface area contributed by atoms with Gasteiger partial charge in [0.05, 0.1) is 0 Å². The fourth-order valence-electron chi connectivity index (χ4n) is 1.46. The van der Waals surface area contributed by atoms with E-state index in [-0.39, 0.29) is 41.8 Å². The Hall–Kier alpha value is -2.74. The standard InChI is InChI=1S/2C8H11N5S.Ga/c2*1-10-8(14)13-12-7(9)6-4-2-3-5-11-6;/h2*2-5H,1H3,(H2,9,12)(H2,10,13,14);/q;;+3/p-2. The van der Waals surface area contributed by atoms with Crippen LogP contribution >= 0.6 is 0 Å². The number of pyridine rings is 2. The van der Waals surface area contributed by atoms with Gasteiger partial charge in [0.15, 0.2) is 11.7 Å². The van der Waals surface area contributed by atoms with E-state index < -0.39 is 0 Å². The Balaban J connectivity index is 0.000000523. The molecule has 6 N–H and O–H groups in total. The minimum absolute atomic E-state index is 0. The first kappa shape index (κ1) is 26.3. The van der Waals surface area contributed by atoms with Gasteiger partial charge >= 0.3 is 19.8 Å². The number of nitrogens with two attached hydrogens (primary N) is 2. The first-order valence-corrected chi connectivity index (χ1v) is 8.58. The van der Waals surface area contributed by atoms with Gasteiger partial charge in [0, 0.05) is 26.5 Å². The Labute approximate surface area is 193 Å². The van der Waals surface area contributed by atoms with Crippen LogP contribution in [0.2, 0.25) is 0 Å². The maximum Gasteiger partial charge on any atom is 3.00 e. The molecule has 29 heavy (non-hydrogen) atoms. The molecule has 13 heteroatoms. The molecule has 2 heterocycles. The molecule has 0 saturated carbocycles. The van der Waals surface area contributed by atoms with Gasteiger partial charge in [-0.1, -0.05) is 12.1 Å². The second kappa shape index (κ2) is 15.2. The molecule has 2 aromatic heterocycles. The van der Waals surface area contributed by atoms with E-state index >= 15 is 0 Å². The molecule has 0 spiro atoms. The number of aliphatic imine (C=N–C) groups is 2. The Morgan fingerprint density at radius 2 is 1.17 bits per heavy atom. The first-order valence-electron chi connectivity index (χ1n) is 7.76. The number of nitrogens with one attached hydrogen (secondary N) is 2. The molecule has 0 saturated heterocycles. The van der Waals surface area contributed by atoms with Crippen LogP contribution < -0.4 is 22.3 Å². The van der Waals surface area contributed by atoms with E-state index in [1.807, 2.05) is 12.1 Å². The minimum Gasteiger partial charge on any atom is -0.741 e. The summed E-state index contributed by atoms with van der Waals surface area (Å²) in [6.45, 7) is 0. The van der Waals surface area contributed by atoms with E-state index in [1.165, 1.54) is 0 Å². The van der Waals surface area contributed by atoms with Crippen LogP contribution in [0.25, 0.3) is 0 Å². The number of rotatable bonds is 4. The van der Waals surface area contributed by atoms with Crippen molar-refractivity contribution in [2.75, 3.05) is 14.1 Å². The summed E-state index contributed by atoms with van der Waals surface area (Å²) in [5, 5.41) is 8.19. The van der Waals surface area contributed by atoms with Gasteiger partial charge in [-0.2, -0.15) is 10.2 Å². The maximum atomic E-state index is 5.62. The largest absolute Gasteiger partial charge is 3.00 e. The second-order valence-corrected chi connectivity index (χ2v) is 5.48. The van der Waals surface area contributed by atoms with E-state index in [0.717, 1.165) is 0 Å². The van der Waals surface area contributed by atoms with Gasteiger partial charge in [-0.15, -0.1) is 0 Å². The third-order valence-electron chi connectivity index (χ3n) is 2.80. The van der Waals surface area contributed by atoms with Crippen molar-refractivity contribution < 1.29 is 0 Å². The third kappa shape index (κ3) is 11.0. The fraction of sp³-hybridized carbons (Fsp3) is 0.125. The molecule has 0 aliphatic heterocycles. The van der Waals surface area contributed by atoms with E-state index in [0.29, 0.717) is 11.4 Å². The van der Waals surface area contributed by atoms with Crippen LogP contribution in [0.5, 0.6) is 0 Å². The van der Waals surface area contributed by atoms with Crippen molar-refractivity contribution in [2.24, 2.45) is 31.7 Å². The minimum atomic E-state index is 0. The third-order valence-corrected chi connectivity index (χ3v) is 3.35. The van der Waals surface area contributed by atoms with Crippen molar-refractivity contribution in [3.63, 3.8) is 0 Å². The molecule has 0 amide bonds. The molecule has 0 bridgehead atoms. The second-order valence-electron chi connectivity index (χ2n) is 4.71. The van der Waals surface area contributed by atoms with Crippen molar-refractivity contribution in [1.29, 1.82) is 0 Å². The zero-order chi connectivity index (χ0) is 20.8. The summed E-state index contributed by atoms with van der Waals surface area (Å²) >= 11 is 9.53. The summed E-state index contributed by atoms with van der Waals surface area (Å²) in [4.78, 5) is 15.4. The normalized spacial score (nSPS) is 12.2. The van der Waals surface area contributed by atoms with E-state index in [9.17, 15) is 0 Å². The number of hydrazone groups is 2. The van der Waals surface area contributed by atoms with Crippen LogP contribution in [0.3, 0.4) is 0 Å². The van der Waals surface area contributed by atoms with Gasteiger partial charge < -0.3 is 36.7 Å². The average Bonchev–Trinajstić information content (AvgIpc) is 2.76. The van der Waals surface area contributed by atoms with Crippen molar-refractivity contribution in [2.45, 2.75) is 0 Å². The molecule has 10 nitrogen and oxygen atoms in total. The zero-order valence-corrected chi connectivity index (χ0v) is 19.9. The Kier molecular flexibility index (Phi) is 13.8. The van der Waals surface area contributed by atoms with Crippen LogP contribution in [0.4, 0.5) is 0 Å². The Morgan fingerprint density at radius 1 is 0.793 bits per heavy atom. The summed E-state index contributed by atoms with van der Waals surface area (Å²) in [7, 11) is 3.14. The van der Waals surface area contributed by atoms with E-state index in [4.69, 9.17) is 36.7 Å². The molecule has 0 radical (unpaired) electrons. The Morgan fingerprint density at radius 3 is 1.45 bits per heavy atom. The van der Waals surface area contributed by atoms with Crippen LogP contribution in [0.1, 0.15) is 11.4 Å². The molecule has 2 aromatic rings. The van der Waals surface area contributed by atoms with E-state index in [1.54, 1.807) is 50.8 Å². The molecule has 0 aliphatic rings. The van der Waals surface area contributed by atoms with Crippen molar-refractivity contribution in [1.82, 2.24) is 20.8 Å². The van der Waals surface area contributed by atoms with Gasteiger partial charge in [0.2, 0.25) is 0 Å². The summed E-state index contributed by atoms with van der Waals surface area (Å²) < 4.78 is 0. The van der Waals surface area contributed by atoms with Crippen molar-refractivity contribution >= 4 is 67.1 Å². The van der Waals surface area contributed by atoms with Crippen LogP contribution in [-0.4, -0.2) is 65.9 Å². The summed E-state index contributed by atoms with van der Waals surface area (Å²) in [6, 6.07) is 10.8. The maximum absolute atomic E-state index is 5.62. The van der Waals surface area contributed by atoms with Crippen molar-refractivity contribution in [3.8, 4) is 0 Å². The molecular weight excluding hydrogens is 466 g/mol. The van der Waals surface area contributed by atoms with Crippen LogP contribution in [-0.2, 0) is 25.3 Å². The monoisotopic (exact) mass is 485 g/mol. The molecule has 0 fully saturated rings. The fourth-order valence-corrected chi connectivity index (χ4v) is 1.55. The number of aromatic nitrogens is 2. The van der Waals surface area contributed by atoms with Crippen LogP contribution in [0, 0.1) is 0 Å². The zero-order valence-electron chi connectivity index (χ0n) is 15.9. The molecule has 0 unspecified atom stereocenters. The molecular formula is C16H20GaN10S2+. The number of hydrogen-bond donors (Lipinski definition) is 4.